The van der Waals surface area contributed by atoms with Gasteiger partial charge >= 0.3 is 0 Å². The van der Waals surface area contributed by atoms with Gasteiger partial charge in [0.2, 0.25) is 0 Å². The smallest absolute Gasteiger partial charge is 0.155 e. The van der Waals surface area contributed by atoms with Gasteiger partial charge in [-0.05, 0) is 12.1 Å². The van der Waals surface area contributed by atoms with E-state index in [1.807, 2.05) is 44.2 Å². The molecular weight excluding hydrogens is 244 g/mol. The van der Waals surface area contributed by atoms with Crippen molar-refractivity contribution in [3.8, 4) is 0 Å². The van der Waals surface area contributed by atoms with Crippen LogP contribution in [0.3, 0.4) is 0 Å². The Kier molecular flexibility index (Phi) is 10.3. The van der Waals surface area contributed by atoms with Crippen molar-refractivity contribution in [1.82, 2.24) is 0 Å². The summed E-state index contributed by atoms with van der Waals surface area (Å²) in [5.74, 6) is -0.360. The van der Waals surface area contributed by atoms with Gasteiger partial charge in [-0.2, -0.15) is 0 Å². The molecule has 0 bridgehead atoms. The van der Waals surface area contributed by atoms with Crippen LogP contribution < -0.4 is 11.5 Å². The van der Waals surface area contributed by atoms with Crippen molar-refractivity contribution >= 4 is 0 Å². The molecule has 110 valence electrons. The zero-order valence-corrected chi connectivity index (χ0v) is 11.7. The fourth-order valence-electron chi connectivity index (χ4n) is 1.47. The summed E-state index contributed by atoms with van der Waals surface area (Å²) in [4.78, 5) is 0. The predicted molar refractivity (Wildman–Crippen MR) is 75.9 cm³/mol. The van der Waals surface area contributed by atoms with E-state index in [2.05, 4.69) is 0 Å². The fourth-order valence-corrected chi connectivity index (χ4v) is 1.47. The first kappa shape index (κ1) is 18.0. The third-order valence-corrected chi connectivity index (χ3v) is 2.58. The fraction of sp³-hybridized carbons (Fsp3) is 0.571. The molecule has 0 heterocycles. The standard InChI is InChI=1S/C12H20N2O3.C2H6/c13-7-10(12(14)16)6-11(15)17-8-9-4-2-1-3-5-9;1-2/h1-5,10-12,15-16H,6-8,13-14H2;1-2H3. The molecule has 0 radical (unpaired) electrons. The third kappa shape index (κ3) is 7.92. The molecule has 0 fully saturated rings. The average Bonchev–Trinajstić information content (AvgIpc) is 2.45. The molecule has 0 saturated heterocycles. The van der Waals surface area contributed by atoms with Crippen molar-refractivity contribution in [1.29, 1.82) is 0 Å². The van der Waals surface area contributed by atoms with Crippen molar-refractivity contribution in [2.45, 2.75) is 39.4 Å². The summed E-state index contributed by atoms with van der Waals surface area (Å²) in [6, 6.07) is 9.53. The second-order valence-corrected chi connectivity index (χ2v) is 3.97. The average molecular weight is 270 g/mol. The molecule has 5 nitrogen and oxygen atoms in total. The van der Waals surface area contributed by atoms with E-state index in [9.17, 15) is 10.2 Å². The maximum atomic E-state index is 9.62. The minimum absolute atomic E-state index is 0.212. The Morgan fingerprint density at radius 3 is 2.21 bits per heavy atom. The molecule has 1 rings (SSSR count). The summed E-state index contributed by atoms with van der Waals surface area (Å²) in [6.07, 6.45) is -1.78. The van der Waals surface area contributed by atoms with E-state index in [0.29, 0.717) is 6.61 Å². The Morgan fingerprint density at radius 2 is 1.74 bits per heavy atom. The summed E-state index contributed by atoms with van der Waals surface area (Å²) >= 11 is 0. The highest BCUT2D eigenvalue weighted by molar-refractivity contribution is 5.13. The molecule has 0 aromatic heterocycles. The SMILES string of the molecule is CC.NCC(CC(O)OCc1ccccc1)C(N)O. The number of aliphatic hydroxyl groups is 2. The largest absolute Gasteiger partial charge is 0.378 e. The molecule has 0 aliphatic carbocycles. The Bertz CT molecular complexity index is 307. The van der Waals surface area contributed by atoms with Gasteiger partial charge in [0, 0.05) is 12.3 Å². The lowest BCUT2D eigenvalue weighted by Gasteiger charge is -2.21. The predicted octanol–water partition coefficient (Wildman–Crippen LogP) is 0.790. The summed E-state index contributed by atoms with van der Waals surface area (Å²) in [7, 11) is 0. The second-order valence-electron chi connectivity index (χ2n) is 3.97. The zero-order chi connectivity index (χ0) is 14.7. The van der Waals surface area contributed by atoms with E-state index in [1.54, 1.807) is 0 Å². The van der Waals surface area contributed by atoms with Crippen LogP contribution in [0.25, 0.3) is 0 Å². The van der Waals surface area contributed by atoms with Gasteiger partial charge in [0.1, 0.15) is 6.23 Å². The molecule has 0 aliphatic rings. The van der Waals surface area contributed by atoms with Gasteiger partial charge in [-0.1, -0.05) is 44.2 Å². The topological polar surface area (TPSA) is 102 Å². The number of aliphatic hydroxyl groups excluding tert-OH is 2. The molecule has 3 atom stereocenters. The van der Waals surface area contributed by atoms with Gasteiger partial charge in [0.25, 0.3) is 0 Å². The van der Waals surface area contributed by atoms with Crippen LogP contribution in [-0.2, 0) is 11.3 Å². The minimum atomic E-state index is -1.03. The number of benzene rings is 1. The van der Waals surface area contributed by atoms with E-state index < -0.39 is 12.5 Å². The Hall–Kier alpha value is -0.980. The van der Waals surface area contributed by atoms with Crippen molar-refractivity contribution in [3.05, 3.63) is 35.9 Å². The molecule has 0 spiro atoms. The molecule has 0 aliphatic heterocycles. The summed E-state index contributed by atoms with van der Waals surface area (Å²) in [6.45, 7) is 4.53. The summed E-state index contributed by atoms with van der Waals surface area (Å²) in [5.41, 5.74) is 11.7. The first-order valence-corrected chi connectivity index (χ1v) is 6.60. The molecular formula is C14H26N2O3. The van der Waals surface area contributed by atoms with Crippen molar-refractivity contribution in [2.75, 3.05) is 6.54 Å². The maximum Gasteiger partial charge on any atom is 0.155 e. The minimum Gasteiger partial charge on any atom is -0.378 e. The normalized spacial score (nSPS) is 15.1. The van der Waals surface area contributed by atoms with E-state index in [1.165, 1.54) is 0 Å². The lowest BCUT2D eigenvalue weighted by Crippen LogP contribution is -2.37. The molecule has 1 aromatic rings. The number of nitrogens with two attached hydrogens (primary N) is 2. The third-order valence-electron chi connectivity index (χ3n) is 2.58. The van der Waals surface area contributed by atoms with Crippen LogP contribution in [0.15, 0.2) is 30.3 Å². The van der Waals surface area contributed by atoms with Crippen LogP contribution in [-0.4, -0.2) is 29.3 Å². The van der Waals surface area contributed by atoms with Crippen LogP contribution in [0, 0.1) is 5.92 Å². The summed E-state index contributed by atoms with van der Waals surface area (Å²) in [5, 5.41) is 18.8. The first-order chi connectivity index (χ1) is 9.13. The lowest BCUT2D eigenvalue weighted by molar-refractivity contribution is -0.125. The van der Waals surface area contributed by atoms with Crippen LogP contribution in [0.5, 0.6) is 0 Å². The Labute approximate surface area is 115 Å². The van der Waals surface area contributed by atoms with Crippen molar-refractivity contribution < 1.29 is 14.9 Å². The van der Waals surface area contributed by atoms with Crippen molar-refractivity contribution in [3.63, 3.8) is 0 Å². The molecule has 6 N–H and O–H groups in total. The quantitative estimate of drug-likeness (QED) is 0.549. The zero-order valence-electron chi connectivity index (χ0n) is 11.7. The van der Waals surface area contributed by atoms with E-state index in [4.69, 9.17) is 16.2 Å². The highest BCUT2D eigenvalue weighted by atomic mass is 16.6. The molecule has 0 saturated carbocycles. The first-order valence-electron chi connectivity index (χ1n) is 6.60. The van der Waals surface area contributed by atoms with Crippen LogP contribution in [0.2, 0.25) is 0 Å². The molecule has 0 amide bonds. The van der Waals surface area contributed by atoms with Gasteiger partial charge in [0.15, 0.2) is 6.29 Å². The number of hydrogen-bond donors (Lipinski definition) is 4. The van der Waals surface area contributed by atoms with Gasteiger partial charge in [0.05, 0.1) is 6.61 Å². The molecule has 1 aromatic carbocycles. The van der Waals surface area contributed by atoms with E-state index >= 15 is 0 Å². The van der Waals surface area contributed by atoms with Gasteiger partial charge < -0.3 is 26.4 Å². The Balaban J connectivity index is 0.00000154. The van der Waals surface area contributed by atoms with E-state index in [-0.39, 0.29) is 18.9 Å². The van der Waals surface area contributed by atoms with Gasteiger partial charge in [-0.3, -0.25) is 0 Å². The van der Waals surface area contributed by atoms with E-state index in [0.717, 1.165) is 5.56 Å². The van der Waals surface area contributed by atoms with Gasteiger partial charge in [-0.15, -0.1) is 0 Å². The van der Waals surface area contributed by atoms with Crippen molar-refractivity contribution in [2.24, 2.45) is 17.4 Å². The van der Waals surface area contributed by atoms with Gasteiger partial charge in [-0.25, -0.2) is 0 Å². The molecule has 3 unspecified atom stereocenters. The number of hydrogen-bond acceptors (Lipinski definition) is 5. The van der Waals surface area contributed by atoms with Crippen LogP contribution in [0.1, 0.15) is 25.8 Å². The molecule has 5 heteroatoms. The monoisotopic (exact) mass is 270 g/mol. The highest BCUT2D eigenvalue weighted by Crippen LogP contribution is 2.11. The highest BCUT2D eigenvalue weighted by Gasteiger charge is 2.18. The number of ether oxygens (including phenoxy) is 1. The lowest BCUT2D eigenvalue weighted by atomic mass is 10.0. The second kappa shape index (κ2) is 10.9. The number of rotatable bonds is 7. The Morgan fingerprint density at radius 1 is 1.16 bits per heavy atom. The molecule has 19 heavy (non-hydrogen) atoms. The summed E-state index contributed by atoms with van der Waals surface area (Å²) < 4.78 is 5.24. The maximum absolute atomic E-state index is 9.62. The van der Waals surface area contributed by atoms with Crippen LogP contribution >= 0.6 is 0 Å². The van der Waals surface area contributed by atoms with Crippen LogP contribution in [0.4, 0.5) is 0 Å².